The molecule has 1 aromatic carbocycles. The molecule has 1 saturated heterocycles. The van der Waals surface area contributed by atoms with Gasteiger partial charge in [0.05, 0.1) is 5.69 Å². The molecule has 5 rings (SSSR count). The number of fused-ring (bicyclic) bond motifs is 1. The van der Waals surface area contributed by atoms with Crippen molar-refractivity contribution in [3.05, 3.63) is 71.5 Å². The van der Waals surface area contributed by atoms with E-state index < -0.39 is 0 Å². The van der Waals surface area contributed by atoms with Crippen LogP contribution in [0.1, 0.15) is 29.7 Å². The maximum absolute atomic E-state index is 11.6. The number of amides is 1. The highest BCUT2D eigenvalue weighted by Gasteiger charge is 2.29. The third-order valence-corrected chi connectivity index (χ3v) is 6.46. The maximum Gasteiger partial charge on any atom is 0.220 e. The first-order chi connectivity index (χ1) is 15.7. The van der Waals surface area contributed by atoms with Crippen LogP contribution in [0.15, 0.2) is 54.7 Å². The second-order valence-corrected chi connectivity index (χ2v) is 8.62. The van der Waals surface area contributed by atoms with Crippen LogP contribution in [-0.2, 0) is 24.3 Å². The number of benzene rings is 1. The fraction of sp³-hybridized carbons (Fsp3) is 0.360. The third kappa shape index (κ3) is 4.34. The van der Waals surface area contributed by atoms with Gasteiger partial charge in [0.1, 0.15) is 11.5 Å². The summed E-state index contributed by atoms with van der Waals surface area (Å²) in [5, 5.41) is 0. The fourth-order valence-electron chi connectivity index (χ4n) is 4.68. The third-order valence-electron chi connectivity index (χ3n) is 6.46. The number of nitrogens with zero attached hydrogens (tertiary/aromatic N) is 5. The molecule has 164 valence electrons. The van der Waals surface area contributed by atoms with E-state index in [4.69, 9.17) is 15.7 Å². The Hall–Kier alpha value is -3.32. The van der Waals surface area contributed by atoms with E-state index in [0.29, 0.717) is 5.82 Å². The van der Waals surface area contributed by atoms with Gasteiger partial charge in [-0.3, -0.25) is 14.7 Å². The molecule has 7 nitrogen and oxygen atoms in total. The number of rotatable bonds is 5. The number of aromatic nitrogens is 3. The number of hydrogen-bond acceptors (Lipinski definition) is 6. The predicted molar refractivity (Wildman–Crippen MR) is 124 cm³/mol. The van der Waals surface area contributed by atoms with Crippen LogP contribution in [0.5, 0.6) is 0 Å². The Kier molecular flexibility index (Phi) is 5.81. The summed E-state index contributed by atoms with van der Waals surface area (Å²) in [6, 6.07) is 16.4. The van der Waals surface area contributed by atoms with E-state index in [2.05, 4.69) is 45.1 Å². The summed E-state index contributed by atoms with van der Waals surface area (Å²) in [6.07, 6.45) is 4.19. The van der Waals surface area contributed by atoms with Gasteiger partial charge in [-0.2, -0.15) is 0 Å². The minimum Gasteiger partial charge on any atom is -0.369 e. The van der Waals surface area contributed by atoms with Gasteiger partial charge in [-0.15, -0.1) is 0 Å². The highest BCUT2D eigenvalue weighted by atomic mass is 16.1. The van der Waals surface area contributed by atoms with E-state index in [1.807, 2.05) is 18.2 Å². The summed E-state index contributed by atoms with van der Waals surface area (Å²) < 4.78 is 0. The van der Waals surface area contributed by atoms with Gasteiger partial charge in [-0.25, -0.2) is 9.97 Å². The molecule has 2 aliphatic heterocycles. The van der Waals surface area contributed by atoms with Crippen molar-refractivity contribution in [2.75, 3.05) is 24.5 Å². The topological polar surface area (TPSA) is 88.2 Å². The SMILES string of the molecule is NC(=O)C1CCN(c2nc(-c3ccccn3)nc3c2CN(Cc2ccccc2)CC3)CC1. The summed E-state index contributed by atoms with van der Waals surface area (Å²) in [6.45, 7) is 4.24. The van der Waals surface area contributed by atoms with Gasteiger partial charge in [-0.05, 0) is 30.5 Å². The molecule has 2 N–H and O–H groups in total. The molecule has 1 amide bonds. The van der Waals surface area contributed by atoms with Crippen molar-refractivity contribution in [1.29, 1.82) is 0 Å². The zero-order valence-electron chi connectivity index (χ0n) is 18.2. The minimum absolute atomic E-state index is 0.0475. The molecule has 32 heavy (non-hydrogen) atoms. The van der Waals surface area contributed by atoms with Crippen LogP contribution in [0.2, 0.25) is 0 Å². The van der Waals surface area contributed by atoms with Crippen LogP contribution < -0.4 is 10.6 Å². The Morgan fingerprint density at radius 2 is 1.78 bits per heavy atom. The Balaban J connectivity index is 1.47. The summed E-state index contributed by atoms with van der Waals surface area (Å²) in [5.74, 6) is 1.41. The van der Waals surface area contributed by atoms with Gasteiger partial charge >= 0.3 is 0 Å². The molecule has 0 saturated carbocycles. The Morgan fingerprint density at radius 1 is 1.00 bits per heavy atom. The average molecular weight is 429 g/mol. The predicted octanol–water partition coefficient (Wildman–Crippen LogP) is 2.80. The quantitative estimate of drug-likeness (QED) is 0.672. The second kappa shape index (κ2) is 9.04. The molecular formula is C25H28N6O. The first kappa shape index (κ1) is 20.6. The van der Waals surface area contributed by atoms with Crippen molar-refractivity contribution < 1.29 is 4.79 Å². The highest BCUT2D eigenvalue weighted by molar-refractivity contribution is 5.77. The zero-order chi connectivity index (χ0) is 21.9. The van der Waals surface area contributed by atoms with E-state index in [1.54, 1.807) is 6.20 Å². The van der Waals surface area contributed by atoms with Crippen LogP contribution in [0.25, 0.3) is 11.5 Å². The number of carbonyl (C=O) groups is 1. The molecule has 0 aliphatic carbocycles. The van der Waals surface area contributed by atoms with E-state index in [0.717, 1.165) is 69.2 Å². The van der Waals surface area contributed by atoms with Crippen LogP contribution in [0, 0.1) is 5.92 Å². The number of carbonyl (C=O) groups excluding carboxylic acids is 1. The van der Waals surface area contributed by atoms with Crippen LogP contribution in [-0.4, -0.2) is 45.4 Å². The van der Waals surface area contributed by atoms with Gasteiger partial charge < -0.3 is 10.6 Å². The summed E-state index contributed by atoms with van der Waals surface area (Å²) >= 11 is 0. The molecule has 4 heterocycles. The van der Waals surface area contributed by atoms with E-state index in [-0.39, 0.29) is 11.8 Å². The molecule has 0 bridgehead atoms. The van der Waals surface area contributed by atoms with E-state index in [9.17, 15) is 4.79 Å². The Labute approximate surface area is 188 Å². The lowest BCUT2D eigenvalue weighted by Gasteiger charge is -2.36. The number of hydrogen-bond donors (Lipinski definition) is 1. The van der Waals surface area contributed by atoms with Gasteiger partial charge in [0.15, 0.2) is 5.82 Å². The molecule has 0 atom stereocenters. The monoisotopic (exact) mass is 428 g/mol. The Morgan fingerprint density at radius 3 is 2.50 bits per heavy atom. The van der Waals surface area contributed by atoms with Crippen molar-refractivity contribution in [2.45, 2.75) is 32.4 Å². The van der Waals surface area contributed by atoms with Crippen molar-refractivity contribution in [3.63, 3.8) is 0 Å². The molecular weight excluding hydrogens is 400 g/mol. The van der Waals surface area contributed by atoms with Gasteiger partial charge in [0.25, 0.3) is 0 Å². The molecule has 0 radical (unpaired) electrons. The molecule has 2 aromatic heterocycles. The van der Waals surface area contributed by atoms with Crippen molar-refractivity contribution in [3.8, 4) is 11.5 Å². The molecule has 0 spiro atoms. The van der Waals surface area contributed by atoms with Gasteiger partial charge in [0, 0.05) is 56.8 Å². The standard InChI is InChI=1S/C25H28N6O/c26-23(32)19-9-14-31(15-10-19)25-20-17-30(16-18-6-2-1-3-7-18)13-11-21(20)28-24(29-25)22-8-4-5-12-27-22/h1-8,12,19H,9-11,13-17H2,(H2,26,32). The lowest BCUT2D eigenvalue weighted by atomic mass is 9.95. The summed E-state index contributed by atoms with van der Waals surface area (Å²) in [7, 11) is 0. The number of nitrogens with two attached hydrogens (primary N) is 1. The van der Waals surface area contributed by atoms with E-state index >= 15 is 0 Å². The number of piperidine rings is 1. The molecule has 1 fully saturated rings. The molecule has 3 aromatic rings. The maximum atomic E-state index is 11.6. The highest BCUT2D eigenvalue weighted by Crippen LogP contribution is 2.32. The normalized spacial score (nSPS) is 17.2. The first-order valence-corrected chi connectivity index (χ1v) is 11.3. The number of primary amides is 1. The van der Waals surface area contributed by atoms with Crippen molar-refractivity contribution >= 4 is 11.7 Å². The first-order valence-electron chi connectivity index (χ1n) is 11.3. The Bertz CT molecular complexity index is 1080. The van der Waals surface area contributed by atoms with Gasteiger partial charge in [-0.1, -0.05) is 36.4 Å². The summed E-state index contributed by atoms with van der Waals surface area (Å²) in [5.41, 5.74) is 9.96. The van der Waals surface area contributed by atoms with Gasteiger partial charge in [0.2, 0.25) is 5.91 Å². The van der Waals surface area contributed by atoms with Crippen LogP contribution in [0.3, 0.4) is 0 Å². The smallest absolute Gasteiger partial charge is 0.220 e. The molecule has 7 heteroatoms. The second-order valence-electron chi connectivity index (χ2n) is 8.62. The van der Waals surface area contributed by atoms with Crippen molar-refractivity contribution in [1.82, 2.24) is 19.9 Å². The fourth-order valence-corrected chi connectivity index (χ4v) is 4.68. The number of pyridine rings is 1. The zero-order valence-corrected chi connectivity index (χ0v) is 18.2. The lowest BCUT2D eigenvalue weighted by molar-refractivity contribution is -0.122. The largest absolute Gasteiger partial charge is 0.369 e. The molecule has 2 aliphatic rings. The van der Waals surface area contributed by atoms with E-state index in [1.165, 1.54) is 11.1 Å². The minimum atomic E-state index is -0.197. The van der Waals surface area contributed by atoms with Crippen LogP contribution in [0.4, 0.5) is 5.82 Å². The lowest BCUT2D eigenvalue weighted by Crippen LogP contribution is -2.40. The molecule has 0 unspecified atom stereocenters. The van der Waals surface area contributed by atoms with Crippen molar-refractivity contribution in [2.24, 2.45) is 11.7 Å². The summed E-state index contributed by atoms with van der Waals surface area (Å²) in [4.78, 5) is 30.8. The average Bonchev–Trinajstić information content (AvgIpc) is 2.84. The van der Waals surface area contributed by atoms with Crippen LogP contribution >= 0.6 is 0 Å². The number of anilines is 1.